The van der Waals surface area contributed by atoms with Crippen LogP contribution >= 0.6 is 23.2 Å². The molecule has 0 aliphatic carbocycles. The first-order valence-corrected chi connectivity index (χ1v) is 3.44. The van der Waals surface area contributed by atoms with E-state index in [1.54, 1.807) is 5.54 Å². The Morgan fingerprint density at radius 2 is 2.25 bits per heavy atom. The van der Waals surface area contributed by atoms with Crippen molar-refractivity contribution < 1.29 is 0 Å². The van der Waals surface area contributed by atoms with Gasteiger partial charge in [0.05, 0.1) is 0 Å². The molecule has 0 aliphatic rings. The van der Waals surface area contributed by atoms with Gasteiger partial charge in [0.1, 0.15) is 0 Å². The number of hydrogen-bond acceptors (Lipinski definition) is 0. The minimum absolute atomic E-state index is 0.199. The van der Waals surface area contributed by atoms with Crippen LogP contribution < -0.4 is 0 Å². The second-order valence-electron chi connectivity index (χ2n) is 1.94. The Bertz CT molecular complexity index is 84.5. The predicted octanol–water partition coefficient (Wildman–Crippen LogP) is 3.15. The molecular weight excluding hydrogens is 143 g/mol. The van der Waals surface area contributed by atoms with Gasteiger partial charge in [-0.25, -0.2) is 0 Å². The van der Waals surface area contributed by atoms with Crippen LogP contribution in [0.4, 0.5) is 0 Å². The SMILES string of the molecule is C/C(=C/Cl)CC(C)Cl. The van der Waals surface area contributed by atoms with E-state index in [4.69, 9.17) is 23.2 Å². The number of allylic oxidation sites excluding steroid dienone is 1. The third-order valence-electron chi connectivity index (χ3n) is 0.790. The highest BCUT2D eigenvalue weighted by molar-refractivity contribution is 6.25. The van der Waals surface area contributed by atoms with Crippen molar-refractivity contribution >= 4 is 23.2 Å². The van der Waals surface area contributed by atoms with Crippen molar-refractivity contribution in [1.82, 2.24) is 0 Å². The first kappa shape index (κ1) is 8.32. The molecule has 0 aromatic carbocycles. The lowest BCUT2D eigenvalue weighted by Crippen LogP contribution is -1.89. The van der Waals surface area contributed by atoms with E-state index in [0.717, 1.165) is 12.0 Å². The normalized spacial score (nSPS) is 16.2. The quantitative estimate of drug-likeness (QED) is 0.534. The number of alkyl halides is 1. The van der Waals surface area contributed by atoms with E-state index < -0.39 is 0 Å². The van der Waals surface area contributed by atoms with E-state index in [-0.39, 0.29) is 5.38 Å². The Labute approximate surface area is 60.5 Å². The van der Waals surface area contributed by atoms with Gasteiger partial charge in [-0.15, -0.1) is 11.6 Å². The highest BCUT2D eigenvalue weighted by atomic mass is 35.5. The highest BCUT2D eigenvalue weighted by Gasteiger charge is 1.94. The molecule has 0 amide bonds. The molecular formula is C6H10Cl2. The van der Waals surface area contributed by atoms with Crippen molar-refractivity contribution in [2.45, 2.75) is 25.6 Å². The van der Waals surface area contributed by atoms with E-state index >= 15 is 0 Å². The Morgan fingerprint density at radius 1 is 1.75 bits per heavy atom. The van der Waals surface area contributed by atoms with E-state index in [0.29, 0.717) is 0 Å². The number of rotatable bonds is 2. The van der Waals surface area contributed by atoms with Crippen LogP contribution in [0.5, 0.6) is 0 Å². The lowest BCUT2D eigenvalue weighted by molar-refractivity contribution is 0.917. The third-order valence-corrected chi connectivity index (χ3v) is 1.32. The van der Waals surface area contributed by atoms with Crippen LogP contribution in [-0.2, 0) is 0 Å². The summed E-state index contributed by atoms with van der Waals surface area (Å²) in [6.07, 6.45) is 0.880. The molecule has 0 N–H and O–H groups in total. The zero-order chi connectivity index (χ0) is 6.57. The average Bonchev–Trinajstić information content (AvgIpc) is 1.65. The van der Waals surface area contributed by atoms with Gasteiger partial charge in [-0.3, -0.25) is 0 Å². The maximum absolute atomic E-state index is 5.65. The summed E-state index contributed by atoms with van der Waals surface area (Å²) in [5.74, 6) is 0. The molecule has 0 fully saturated rings. The summed E-state index contributed by atoms with van der Waals surface area (Å²) in [6, 6.07) is 0. The Hall–Kier alpha value is 0.320. The van der Waals surface area contributed by atoms with Crippen LogP contribution in [0.1, 0.15) is 20.3 Å². The van der Waals surface area contributed by atoms with E-state index in [2.05, 4.69) is 0 Å². The van der Waals surface area contributed by atoms with Crippen LogP contribution in [0.3, 0.4) is 0 Å². The van der Waals surface area contributed by atoms with Gasteiger partial charge in [-0.05, 0) is 20.3 Å². The second-order valence-corrected chi connectivity index (χ2v) is 2.90. The fraction of sp³-hybridized carbons (Fsp3) is 0.667. The molecule has 0 rings (SSSR count). The fourth-order valence-corrected chi connectivity index (χ4v) is 0.821. The van der Waals surface area contributed by atoms with Crippen molar-refractivity contribution in [3.8, 4) is 0 Å². The summed E-state index contributed by atoms with van der Waals surface area (Å²) in [6.45, 7) is 3.91. The molecule has 0 radical (unpaired) electrons. The summed E-state index contributed by atoms with van der Waals surface area (Å²) in [7, 11) is 0. The molecule has 0 bridgehead atoms. The van der Waals surface area contributed by atoms with Crippen LogP contribution in [0.25, 0.3) is 0 Å². The highest BCUT2D eigenvalue weighted by Crippen LogP contribution is 2.09. The van der Waals surface area contributed by atoms with Gasteiger partial charge < -0.3 is 0 Å². The zero-order valence-electron chi connectivity index (χ0n) is 5.12. The van der Waals surface area contributed by atoms with Crippen molar-refractivity contribution in [2.24, 2.45) is 0 Å². The first-order chi connectivity index (χ1) is 3.66. The first-order valence-electron chi connectivity index (χ1n) is 2.56. The van der Waals surface area contributed by atoms with Gasteiger partial charge in [0.25, 0.3) is 0 Å². The molecule has 1 unspecified atom stereocenters. The lowest BCUT2D eigenvalue weighted by atomic mass is 10.2. The molecule has 0 aliphatic heterocycles. The third kappa shape index (κ3) is 4.48. The van der Waals surface area contributed by atoms with Crippen molar-refractivity contribution in [3.05, 3.63) is 11.1 Å². The maximum atomic E-state index is 5.65. The molecule has 0 aromatic rings. The molecule has 0 saturated heterocycles. The molecule has 0 saturated carbocycles. The summed E-state index contributed by atoms with van der Waals surface area (Å²) >= 11 is 11.0. The lowest BCUT2D eigenvalue weighted by Gasteiger charge is -1.98. The van der Waals surface area contributed by atoms with Gasteiger partial charge in [-0.2, -0.15) is 0 Å². The Balaban J connectivity index is 3.39. The van der Waals surface area contributed by atoms with E-state index in [1.807, 2.05) is 13.8 Å². The average molecular weight is 153 g/mol. The minimum Gasteiger partial charge on any atom is -0.123 e. The molecule has 0 heterocycles. The maximum Gasteiger partial charge on any atom is 0.0345 e. The Kier molecular flexibility index (Phi) is 4.39. The largest absolute Gasteiger partial charge is 0.123 e. The zero-order valence-corrected chi connectivity index (χ0v) is 6.63. The standard InChI is InChI=1S/C6H10Cl2/c1-5(4-7)3-6(2)8/h4,6H,3H2,1-2H3/b5-4-. The van der Waals surface area contributed by atoms with Crippen LogP contribution in [-0.4, -0.2) is 5.38 Å². The van der Waals surface area contributed by atoms with Gasteiger partial charge in [0, 0.05) is 10.9 Å². The van der Waals surface area contributed by atoms with Crippen LogP contribution in [0, 0.1) is 0 Å². The smallest absolute Gasteiger partial charge is 0.0345 e. The predicted molar refractivity (Wildman–Crippen MR) is 39.5 cm³/mol. The van der Waals surface area contributed by atoms with Gasteiger partial charge in [-0.1, -0.05) is 17.2 Å². The minimum atomic E-state index is 0.199. The summed E-state index contributed by atoms with van der Waals surface area (Å²) < 4.78 is 0. The van der Waals surface area contributed by atoms with E-state index in [9.17, 15) is 0 Å². The molecule has 0 spiro atoms. The summed E-state index contributed by atoms with van der Waals surface area (Å²) in [4.78, 5) is 0. The van der Waals surface area contributed by atoms with Crippen molar-refractivity contribution in [1.29, 1.82) is 0 Å². The molecule has 8 heavy (non-hydrogen) atoms. The Morgan fingerprint density at radius 3 is 2.38 bits per heavy atom. The van der Waals surface area contributed by atoms with Crippen LogP contribution in [0.15, 0.2) is 11.1 Å². The summed E-state index contributed by atoms with van der Waals surface area (Å²) in [5, 5.41) is 0.199. The van der Waals surface area contributed by atoms with Gasteiger partial charge in [0.2, 0.25) is 0 Å². The van der Waals surface area contributed by atoms with Crippen molar-refractivity contribution in [2.75, 3.05) is 0 Å². The van der Waals surface area contributed by atoms with Crippen molar-refractivity contribution in [3.63, 3.8) is 0 Å². The van der Waals surface area contributed by atoms with Gasteiger partial charge >= 0.3 is 0 Å². The van der Waals surface area contributed by atoms with Gasteiger partial charge in [0.15, 0.2) is 0 Å². The van der Waals surface area contributed by atoms with E-state index in [1.165, 1.54) is 0 Å². The molecule has 1 atom stereocenters. The molecule has 2 heteroatoms. The summed E-state index contributed by atoms with van der Waals surface area (Å²) in [5.41, 5.74) is 2.70. The second kappa shape index (κ2) is 4.22. The number of hydrogen-bond donors (Lipinski definition) is 0. The topological polar surface area (TPSA) is 0 Å². The fourth-order valence-electron chi connectivity index (χ4n) is 0.488. The monoisotopic (exact) mass is 152 g/mol. The number of halogens is 2. The molecule has 0 aromatic heterocycles. The molecule has 0 nitrogen and oxygen atoms in total. The molecule has 48 valence electrons. The van der Waals surface area contributed by atoms with Crippen LogP contribution in [0.2, 0.25) is 0 Å².